The van der Waals surface area contributed by atoms with Gasteiger partial charge in [-0.05, 0) is 19.3 Å². The summed E-state index contributed by atoms with van der Waals surface area (Å²) in [5, 5.41) is 20.5. The molecule has 0 radical (unpaired) electrons. The van der Waals surface area contributed by atoms with Gasteiger partial charge in [-0.1, -0.05) is 12.8 Å². The van der Waals surface area contributed by atoms with Gasteiger partial charge in [-0.25, -0.2) is 0 Å². The smallest absolute Gasteiger partial charge is 0.224 e. The van der Waals surface area contributed by atoms with E-state index in [1.54, 1.807) is 0 Å². The van der Waals surface area contributed by atoms with Crippen LogP contribution in [0.25, 0.3) is 0 Å². The lowest BCUT2D eigenvalue weighted by atomic mass is 9.84. The van der Waals surface area contributed by atoms with Gasteiger partial charge < -0.3 is 21.3 Å². The molecule has 1 aliphatic carbocycles. The van der Waals surface area contributed by atoms with Crippen molar-refractivity contribution in [3.05, 3.63) is 0 Å². The standard InChI is InChI=1S/C11H22N2O3/c12-10-4-2-1-3-9(10)11(16)13-8(7-15)5-6-14/h8-10,14-15H,1-7,12H2,(H,13,16)/t8-,9+,10-/m0/s1. The monoisotopic (exact) mass is 230 g/mol. The first-order valence-electron chi connectivity index (χ1n) is 5.96. The second-order valence-electron chi connectivity index (χ2n) is 4.46. The second kappa shape index (κ2) is 6.83. The minimum atomic E-state index is -0.355. The Balaban J connectivity index is 2.42. The Labute approximate surface area is 96.0 Å². The molecule has 0 aliphatic heterocycles. The van der Waals surface area contributed by atoms with E-state index in [-0.39, 0.29) is 37.1 Å². The molecule has 0 aromatic carbocycles. The summed E-state index contributed by atoms with van der Waals surface area (Å²) in [7, 11) is 0. The van der Waals surface area contributed by atoms with Gasteiger partial charge in [0.2, 0.25) is 5.91 Å². The first-order chi connectivity index (χ1) is 7.69. The average molecular weight is 230 g/mol. The van der Waals surface area contributed by atoms with Crippen molar-refractivity contribution in [2.75, 3.05) is 13.2 Å². The van der Waals surface area contributed by atoms with Gasteiger partial charge >= 0.3 is 0 Å². The average Bonchev–Trinajstić information content (AvgIpc) is 2.28. The number of aliphatic hydroxyl groups excluding tert-OH is 2. The molecular formula is C11H22N2O3. The molecule has 1 saturated carbocycles. The molecule has 0 saturated heterocycles. The summed E-state index contributed by atoms with van der Waals surface area (Å²) < 4.78 is 0. The van der Waals surface area contributed by atoms with E-state index < -0.39 is 0 Å². The lowest BCUT2D eigenvalue weighted by molar-refractivity contribution is -0.127. The Morgan fingerprint density at radius 1 is 1.38 bits per heavy atom. The third kappa shape index (κ3) is 3.73. The zero-order valence-electron chi connectivity index (χ0n) is 9.56. The molecular weight excluding hydrogens is 208 g/mol. The van der Waals surface area contributed by atoms with Crippen LogP contribution in [0.2, 0.25) is 0 Å². The third-order valence-electron chi connectivity index (χ3n) is 3.20. The number of carbonyl (C=O) groups excluding carboxylic acids is 1. The number of carbonyl (C=O) groups is 1. The van der Waals surface area contributed by atoms with E-state index in [0.29, 0.717) is 6.42 Å². The predicted octanol–water partition coefficient (Wildman–Crippen LogP) is -0.637. The number of amides is 1. The molecule has 1 fully saturated rings. The molecule has 1 rings (SSSR count). The Bertz CT molecular complexity index is 223. The van der Waals surface area contributed by atoms with Crippen LogP contribution in [0.4, 0.5) is 0 Å². The lowest BCUT2D eigenvalue weighted by Crippen LogP contribution is -2.48. The molecule has 0 heterocycles. The Morgan fingerprint density at radius 2 is 2.06 bits per heavy atom. The van der Waals surface area contributed by atoms with Crippen molar-refractivity contribution in [2.45, 2.75) is 44.2 Å². The quantitative estimate of drug-likeness (QED) is 0.505. The van der Waals surface area contributed by atoms with Gasteiger partial charge in [-0.2, -0.15) is 0 Å². The van der Waals surface area contributed by atoms with Crippen LogP contribution >= 0.6 is 0 Å². The maximum Gasteiger partial charge on any atom is 0.224 e. The van der Waals surface area contributed by atoms with Gasteiger partial charge in [0, 0.05) is 12.6 Å². The first-order valence-corrected chi connectivity index (χ1v) is 5.96. The van der Waals surface area contributed by atoms with Gasteiger partial charge in [-0.3, -0.25) is 4.79 Å². The highest BCUT2D eigenvalue weighted by atomic mass is 16.3. The van der Waals surface area contributed by atoms with Gasteiger partial charge in [0.1, 0.15) is 0 Å². The maximum absolute atomic E-state index is 11.9. The molecule has 0 bridgehead atoms. The highest BCUT2D eigenvalue weighted by Gasteiger charge is 2.29. The second-order valence-corrected chi connectivity index (χ2v) is 4.46. The minimum Gasteiger partial charge on any atom is -0.396 e. The zero-order chi connectivity index (χ0) is 12.0. The van der Waals surface area contributed by atoms with E-state index in [9.17, 15) is 4.79 Å². The summed E-state index contributed by atoms with van der Waals surface area (Å²) in [5.74, 6) is -0.221. The van der Waals surface area contributed by atoms with Crippen molar-refractivity contribution in [3.63, 3.8) is 0 Å². The molecule has 1 amide bonds. The van der Waals surface area contributed by atoms with Crippen molar-refractivity contribution in [3.8, 4) is 0 Å². The van der Waals surface area contributed by atoms with Crippen molar-refractivity contribution in [2.24, 2.45) is 11.7 Å². The van der Waals surface area contributed by atoms with Crippen LogP contribution in [0.3, 0.4) is 0 Å². The number of hydrogen-bond donors (Lipinski definition) is 4. The fourth-order valence-corrected chi connectivity index (χ4v) is 2.16. The van der Waals surface area contributed by atoms with Crippen LogP contribution in [0.15, 0.2) is 0 Å². The summed E-state index contributed by atoms with van der Waals surface area (Å²) in [5.41, 5.74) is 5.90. The highest BCUT2D eigenvalue weighted by Crippen LogP contribution is 2.23. The van der Waals surface area contributed by atoms with Gasteiger partial charge in [-0.15, -0.1) is 0 Å². The summed E-state index contributed by atoms with van der Waals surface area (Å²) in [6.07, 6.45) is 4.22. The minimum absolute atomic E-state index is 0.0395. The molecule has 1 aliphatic rings. The van der Waals surface area contributed by atoms with Crippen LogP contribution in [-0.4, -0.2) is 41.4 Å². The van der Waals surface area contributed by atoms with Gasteiger partial charge in [0.05, 0.1) is 18.6 Å². The zero-order valence-corrected chi connectivity index (χ0v) is 9.56. The van der Waals surface area contributed by atoms with Gasteiger partial charge in [0.25, 0.3) is 0 Å². The molecule has 5 nitrogen and oxygen atoms in total. The van der Waals surface area contributed by atoms with Crippen LogP contribution in [0, 0.1) is 5.92 Å². The molecule has 5 N–H and O–H groups in total. The molecule has 94 valence electrons. The molecule has 0 aromatic rings. The number of rotatable bonds is 5. The van der Waals surface area contributed by atoms with E-state index in [2.05, 4.69) is 5.32 Å². The molecule has 5 heteroatoms. The van der Waals surface area contributed by atoms with E-state index in [0.717, 1.165) is 25.7 Å². The van der Waals surface area contributed by atoms with E-state index in [1.807, 2.05) is 0 Å². The van der Waals surface area contributed by atoms with Crippen molar-refractivity contribution >= 4 is 5.91 Å². The molecule has 0 unspecified atom stereocenters. The normalized spacial score (nSPS) is 27.4. The van der Waals surface area contributed by atoms with E-state index in [4.69, 9.17) is 15.9 Å². The number of hydrogen-bond acceptors (Lipinski definition) is 4. The summed E-state index contributed by atoms with van der Waals surface area (Å²) in [4.78, 5) is 11.9. The summed E-state index contributed by atoms with van der Waals surface area (Å²) in [6.45, 7) is -0.184. The Kier molecular flexibility index (Phi) is 5.73. The number of nitrogens with one attached hydrogen (secondary N) is 1. The Morgan fingerprint density at radius 3 is 2.62 bits per heavy atom. The molecule has 0 aromatic heterocycles. The number of aliphatic hydroxyl groups is 2. The third-order valence-corrected chi connectivity index (χ3v) is 3.20. The van der Waals surface area contributed by atoms with Crippen LogP contribution in [-0.2, 0) is 4.79 Å². The summed E-state index contributed by atoms with van der Waals surface area (Å²) in [6, 6.07) is -0.422. The molecule has 3 atom stereocenters. The maximum atomic E-state index is 11.9. The SMILES string of the molecule is N[C@H]1CCCC[C@H]1C(=O)N[C@H](CO)CCO. The topological polar surface area (TPSA) is 95.6 Å². The van der Waals surface area contributed by atoms with Crippen LogP contribution in [0.1, 0.15) is 32.1 Å². The predicted molar refractivity (Wildman–Crippen MR) is 60.7 cm³/mol. The van der Waals surface area contributed by atoms with Gasteiger partial charge in [0.15, 0.2) is 0 Å². The molecule has 16 heavy (non-hydrogen) atoms. The van der Waals surface area contributed by atoms with Crippen molar-refractivity contribution in [1.29, 1.82) is 0 Å². The lowest BCUT2D eigenvalue weighted by Gasteiger charge is -2.29. The first kappa shape index (κ1) is 13.4. The number of nitrogens with two attached hydrogens (primary N) is 1. The van der Waals surface area contributed by atoms with Crippen LogP contribution in [0.5, 0.6) is 0 Å². The van der Waals surface area contributed by atoms with E-state index in [1.165, 1.54) is 0 Å². The fraction of sp³-hybridized carbons (Fsp3) is 0.909. The largest absolute Gasteiger partial charge is 0.396 e. The van der Waals surface area contributed by atoms with Crippen molar-refractivity contribution in [1.82, 2.24) is 5.32 Å². The van der Waals surface area contributed by atoms with E-state index >= 15 is 0 Å². The molecule has 0 spiro atoms. The van der Waals surface area contributed by atoms with Crippen LogP contribution < -0.4 is 11.1 Å². The Hall–Kier alpha value is -0.650. The van der Waals surface area contributed by atoms with Crippen molar-refractivity contribution < 1.29 is 15.0 Å². The summed E-state index contributed by atoms with van der Waals surface area (Å²) >= 11 is 0. The highest BCUT2D eigenvalue weighted by molar-refractivity contribution is 5.79. The fourth-order valence-electron chi connectivity index (χ4n) is 2.16.